The summed E-state index contributed by atoms with van der Waals surface area (Å²) in [5.74, 6) is 4.88. The second kappa shape index (κ2) is 49.5. The van der Waals surface area contributed by atoms with Crippen molar-refractivity contribution in [1.82, 2.24) is 21.3 Å². The monoisotopic (exact) mass is 1020 g/mol. The van der Waals surface area contributed by atoms with Crippen LogP contribution in [0.5, 0.6) is 0 Å². The van der Waals surface area contributed by atoms with Crippen LogP contribution in [0, 0.1) is 23.7 Å². The largest absolute Gasteiger partial charge is 0.370 e. The Morgan fingerprint density at radius 3 is 0.611 bits per heavy atom. The van der Waals surface area contributed by atoms with Crippen molar-refractivity contribution in [3.8, 4) is 0 Å². The highest BCUT2D eigenvalue weighted by molar-refractivity contribution is 5.98. The summed E-state index contributed by atoms with van der Waals surface area (Å²) in [6.45, 7) is 23.1. The molecule has 20 heteroatoms. The molecule has 0 rings (SSSR count). The number of guanidine groups is 8. The van der Waals surface area contributed by atoms with Gasteiger partial charge in [0.1, 0.15) is 0 Å². The smallest absolute Gasteiger partial charge is 0.195 e. The summed E-state index contributed by atoms with van der Waals surface area (Å²) in [7, 11) is 0. The Balaban J connectivity index is 0. The molecule has 72 heavy (non-hydrogen) atoms. The maximum absolute atomic E-state index is 5.93. The van der Waals surface area contributed by atoms with Crippen LogP contribution in [0.2, 0.25) is 0 Å². The van der Waals surface area contributed by atoms with Crippen LogP contribution in [0.3, 0.4) is 0 Å². The van der Waals surface area contributed by atoms with Gasteiger partial charge in [0, 0.05) is 52.4 Å². The van der Waals surface area contributed by atoms with E-state index in [2.05, 4.69) is 117 Å². The molecular weight excluding hydrogens is 905 g/mol. The van der Waals surface area contributed by atoms with Crippen LogP contribution in [0.25, 0.3) is 0 Å². The third kappa shape index (κ3) is 44.9. The molecule has 0 aliphatic heterocycles. The predicted molar refractivity (Wildman–Crippen MR) is 315 cm³/mol. The molecule has 0 aliphatic rings. The summed E-state index contributed by atoms with van der Waals surface area (Å²) >= 11 is 0. The molecule has 0 aromatic rings. The van der Waals surface area contributed by atoms with E-state index in [1.165, 1.54) is 77.0 Å². The maximum Gasteiger partial charge on any atom is 0.195 e. The van der Waals surface area contributed by atoms with Crippen LogP contribution in [0.4, 0.5) is 0 Å². The second-order valence-electron chi connectivity index (χ2n) is 19.0. The molecule has 0 saturated heterocycles. The van der Waals surface area contributed by atoms with Crippen LogP contribution >= 0.6 is 0 Å². The maximum atomic E-state index is 5.93. The molecule has 4 atom stereocenters. The van der Waals surface area contributed by atoms with Gasteiger partial charge in [0.05, 0.1) is 0 Å². The van der Waals surface area contributed by atoms with Crippen LogP contribution in [0.15, 0.2) is 39.9 Å². The van der Waals surface area contributed by atoms with Gasteiger partial charge < -0.3 is 45.9 Å². The molecule has 0 saturated carbocycles. The lowest BCUT2D eigenvalue weighted by molar-refractivity contribution is 0.462. The van der Waals surface area contributed by atoms with Gasteiger partial charge in [-0.25, -0.2) is 0 Å². The number of rotatable bonds is 38. The first kappa shape index (κ1) is 69.0. The Hall–Kier alpha value is -5.04. The Kier molecular flexibility index (Phi) is 47.5. The summed E-state index contributed by atoms with van der Waals surface area (Å²) in [6.07, 6.45) is 26.8. The zero-order chi connectivity index (χ0) is 54.0. The van der Waals surface area contributed by atoms with Crippen molar-refractivity contribution < 1.29 is 0 Å². The zero-order valence-corrected chi connectivity index (χ0v) is 47.1. The van der Waals surface area contributed by atoms with Crippen LogP contribution < -0.4 is 67.1 Å². The van der Waals surface area contributed by atoms with Gasteiger partial charge in [0.15, 0.2) is 47.7 Å². The number of aliphatic imine (C=N–C) groups is 8. The van der Waals surface area contributed by atoms with E-state index in [4.69, 9.17) is 45.9 Å². The standard InChI is InChI=1S/2C26H56N10/c2*1-5-9-15-21(7-3)19-33-25(29)35-23(27)31-17-13-11-12-14-18-32-24(28)36-26(30)34-20-22(8-4)16-10-6-2/h2*21-22H,5-20H2,1-4H3,(H5,27,29,31,33,35)(H5,28,30,32,34,36). The molecule has 0 radical (unpaired) electrons. The minimum absolute atomic E-state index is 0.316. The van der Waals surface area contributed by atoms with E-state index in [-0.39, 0.29) is 0 Å². The second-order valence-corrected chi connectivity index (χ2v) is 19.0. The lowest BCUT2D eigenvalue weighted by atomic mass is 10.00. The number of nitrogens with one attached hydrogen (secondary N) is 4. The first-order valence-electron chi connectivity index (χ1n) is 28.2. The van der Waals surface area contributed by atoms with Crippen molar-refractivity contribution in [2.24, 2.45) is 109 Å². The zero-order valence-electron chi connectivity index (χ0n) is 47.1. The van der Waals surface area contributed by atoms with Crippen molar-refractivity contribution in [2.45, 2.75) is 209 Å². The lowest BCUT2D eigenvalue weighted by Crippen LogP contribution is -2.42. The molecule has 0 aliphatic carbocycles. The van der Waals surface area contributed by atoms with E-state index >= 15 is 0 Å². The van der Waals surface area contributed by atoms with Gasteiger partial charge in [-0.1, -0.05) is 158 Å². The fraction of sp³-hybridized carbons (Fsp3) is 0.846. The van der Waals surface area contributed by atoms with Gasteiger partial charge in [-0.3, -0.25) is 61.2 Å². The average Bonchev–Trinajstić information content (AvgIpc) is 3.35. The van der Waals surface area contributed by atoms with E-state index < -0.39 is 0 Å². The van der Waals surface area contributed by atoms with Crippen LogP contribution in [-0.4, -0.2) is 100 Å². The van der Waals surface area contributed by atoms with Crippen molar-refractivity contribution in [1.29, 1.82) is 0 Å². The number of hydrogen-bond acceptors (Lipinski definition) is 8. The lowest BCUT2D eigenvalue weighted by Gasteiger charge is -2.12. The normalized spacial score (nSPS) is 15.1. The molecule has 420 valence electrons. The van der Waals surface area contributed by atoms with Crippen LogP contribution in [-0.2, 0) is 0 Å². The molecule has 0 heterocycles. The fourth-order valence-electron chi connectivity index (χ4n) is 7.37. The number of nitrogens with two attached hydrogens (primary N) is 8. The van der Waals surface area contributed by atoms with Gasteiger partial charge >= 0.3 is 0 Å². The van der Waals surface area contributed by atoms with Crippen molar-refractivity contribution in [3.05, 3.63) is 0 Å². The highest BCUT2D eigenvalue weighted by Gasteiger charge is 2.09. The molecule has 0 spiro atoms. The molecule has 20 nitrogen and oxygen atoms in total. The Morgan fingerprint density at radius 2 is 0.444 bits per heavy atom. The molecule has 0 aromatic heterocycles. The number of unbranched alkanes of at least 4 members (excludes halogenated alkanes) is 10. The summed E-state index contributed by atoms with van der Waals surface area (Å²) in [4.78, 5) is 35.0. The summed E-state index contributed by atoms with van der Waals surface area (Å²) < 4.78 is 0. The highest BCUT2D eigenvalue weighted by Crippen LogP contribution is 2.15. The number of nitrogens with zero attached hydrogens (tertiary/aromatic N) is 8. The summed E-state index contributed by atoms with van der Waals surface area (Å²) in [5.41, 5.74) is 47.4. The highest BCUT2D eigenvalue weighted by atomic mass is 15.2. The topological polar surface area (TPSA) is 355 Å². The van der Waals surface area contributed by atoms with E-state index in [9.17, 15) is 0 Å². The molecule has 0 fully saturated rings. The van der Waals surface area contributed by atoms with Gasteiger partial charge in [-0.2, -0.15) is 0 Å². The van der Waals surface area contributed by atoms with E-state index in [1.807, 2.05) is 0 Å². The Morgan fingerprint density at radius 1 is 0.264 bits per heavy atom. The molecule has 0 amide bonds. The molecule has 0 aromatic carbocycles. The Labute approximate surface area is 438 Å². The first-order chi connectivity index (χ1) is 34.7. The van der Waals surface area contributed by atoms with Crippen molar-refractivity contribution in [3.63, 3.8) is 0 Å². The minimum Gasteiger partial charge on any atom is -0.370 e. The number of hydrogen-bond donors (Lipinski definition) is 12. The van der Waals surface area contributed by atoms with Crippen molar-refractivity contribution in [2.75, 3.05) is 52.4 Å². The predicted octanol–water partition coefficient (Wildman–Crippen LogP) is 6.84. The molecule has 0 bridgehead atoms. The summed E-state index contributed by atoms with van der Waals surface area (Å²) in [5, 5.41) is 11.5. The first-order valence-corrected chi connectivity index (χ1v) is 28.2. The quantitative estimate of drug-likeness (QED) is 0.0172. The van der Waals surface area contributed by atoms with Crippen LogP contribution in [0.1, 0.15) is 209 Å². The summed E-state index contributed by atoms with van der Waals surface area (Å²) in [6, 6.07) is 0. The van der Waals surface area contributed by atoms with E-state index in [0.717, 1.165) is 103 Å². The van der Waals surface area contributed by atoms with E-state index in [1.54, 1.807) is 0 Å². The molecule has 4 unspecified atom stereocenters. The van der Waals surface area contributed by atoms with Crippen molar-refractivity contribution >= 4 is 47.7 Å². The Bertz CT molecular complexity index is 1310. The van der Waals surface area contributed by atoms with Gasteiger partial charge in [-0.15, -0.1) is 0 Å². The van der Waals surface area contributed by atoms with Gasteiger partial charge in [-0.05, 0) is 75.0 Å². The minimum atomic E-state index is 0.316. The van der Waals surface area contributed by atoms with Gasteiger partial charge in [0.2, 0.25) is 0 Å². The van der Waals surface area contributed by atoms with Gasteiger partial charge in [0.25, 0.3) is 0 Å². The fourth-order valence-corrected chi connectivity index (χ4v) is 7.37. The average molecular weight is 1020 g/mol. The molecular formula is C52H112N20. The third-order valence-electron chi connectivity index (χ3n) is 12.5. The SMILES string of the molecule is CCCCC(CC)CN=C(N)NC(N)=NCCCCCCN=C(N)NC(N)=NCC(CC)CCCC.CCCCC(CC)CN=C(N)NC(N)=NCCCCCCN=C(N)NC(N)=NCC(CC)CCCC. The molecule has 20 N–H and O–H groups in total. The van der Waals surface area contributed by atoms with E-state index in [0.29, 0.717) is 97.5 Å². The third-order valence-corrected chi connectivity index (χ3v) is 12.5.